The van der Waals surface area contributed by atoms with E-state index in [0.717, 1.165) is 25.7 Å². The summed E-state index contributed by atoms with van der Waals surface area (Å²) in [6, 6.07) is 0.0411. The van der Waals surface area contributed by atoms with E-state index in [1.165, 1.54) is 10.6 Å². The Labute approximate surface area is 197 Å². The predicted molar refractivity (Wildman–Crippen MR) is 125 cm³/mol. The van der Waals surface area contributed by atoms with E-state index in [0.29, 0.717) is 43.2 Å². The number of aromatic nitrogens is 3. The standard InChI is InChI=1S/C24H31N5O5/c1-14(2)12-27-21-17(6-7-18(30)28-10-11-34-13-24(28)8-9-24)15(3)26-29(21)23(33)19(22(27)32)20(31)25-16-4-5-16/h6-7,14,16,32H,4-5,8-13H2,1-3H3,(H,25,31)/b7-6+. The fourth-order valence-corrected chi connectivity index (χ4v) is 4.66. The lowest BCUT2D eigenvalue weighted by molar-refractivity contribution is -0.136. The van der Waals surface area contributed by atoms with Crippen molar-refractivity contribution in [3.63, 3.8) is 0 Å². The van der Waals surface area contributed by atoms with Crippen LogP contribution in [0.1, 0.15) is 61.1 Å². The summed E-state index contributed by atoms with van der Waals surface area (Å²) in [5.41, 5.74) is 0.291. The number of fused-ring (bicyclic) bond motifs is 1. The molecule has 0 radical (unpaired) electrons. The quantitative estimate of drug-likeness (QED) is 0.619. The Bertz CT molecular complexity index is 1250. The van der Waals surface area contributed by atoms with Crippen molar-refractivity contribution < 1.29 is 19.4 Å². The molecule has 10 heteroatoms. The average Bonchev–Trinajstić information content (AvgIpc) is 3.71. The van der Waals surface area contributed by atoms with Crippen LogP contribution in [0.2, 0.25) is 0 Å². The van der Waals surface area contributed by atoms with Crippen molar-refractivity contribution >= 4 is 23.5 Å². The van der Waals surface area contributed by atoms with Gasteiger partial charge < -0.3 is 20.1 Å². The van der Waals surface area contributed by atoms with Crippen LogP contribution in [0.5, 0.6) is 5.88 Å². The molecule has 2 aliphatic carbocycles. The number of aryl methyl sites for hydroxylation is 1. The number of aromatic hydroxyl groups is 1. The molecule has 1 aliphatic heterocycles. The molecule has 182 valence electrons. The van der Waals surface area contributed by atoms with Crippen LogP contribution in [0.3, 0.4) is 0 Å². The van der Waals surface area contributed by atoms with E-state index in [1.54, 1.807) is 17.6 Å². The zero-order valence-corrected chi connectivity index (χ0v) is 19.8. The minimum atomic E-state index is -0.676. The van der Waals surface area contributed by atoms with E-state index >= 15 is 0 Å². The van der Waals surface area contributed by atoms with E-state index in [2.05, 4.69) is 10.4 Å². The Morgan fingerprint density at radius 1 is 1.32 bits per heavy atom. The van der Waals surface area contributed by atoms with Gasteiger partial charge in [0.25, 0.3) is 11.5 Å². The maximum Gasteiger partial charge on any atom is 0.291 e. The van der Waals surface area contributed by atoms with Crippen molar-refractivity contribution in [2.24, 2.45) is 5.92 Å². The molecule has 2 saturated carbocycles. The van der Waals surface area contributed by atoms with Gasteiger partial charge in [0.2, 0.25) is 11.8 Å². The smallest absolute Gasteiger partial charge is 0.291 e. The van der Waals surface area contributed by atoms with Gasteiger partial charge in [-0.05, 0) is 44.6 Å². The highest BCUT2D eigenvalue weighted by Gasteiger charge is 2.51. The van der Waals surface area contributed by atoms with E-state index in [-0.39, 0.29) is 34.8 Å². The summed E-state index contributed by atoms with van der Waals surface area (Å²) in [6.07, 6.45) is 6.77. The van der Waals surface area contributed by atoms with Gasteiger partial charge in [0, 0.05) is 30.8 Å². The molecule has 0 unspecified atom stereocenters. The van der Waals surface area contributed by atoms with Gasteiger partial charge in [-0.15, -0.1) is 0 Å². The first-order valence-electron chi connectivity index (χ1n) is 12.0. The molecule has 1 spiro atoms. The van der Waals surface area contributed by atoms with Crippen molar-refractivity contribution in [3.05, 3.63) is 33.3 Å². The number of carbonyl (C=O) groups excluding carboxylic acids is 2. The first kappa shape index (κ1) is 22.6. The second kappa shape index (κ2) is 8.26. The van der Waals surface area contributed by atoms with Crippen LogP contribution < -0.4 is 10.9 Å². The van der Waals surface area contributed by atoms with Gasteiger partial charge in [0.05, 0.1) is 24.4 Å². The average molecular weight is 470 g/mol. The molecule has 2 aromatic rings. The van der Waals surface area contributed by atoms with Gasteiger partial charge in [-0.3, -0.25) is 19.0 Å². The molecule has 10 nitrogen and oxygen atoms in total. The molecule has 2 amide bonds. The van der Waals surface area contributed by atoms with Crippen LogP contribution in [-0.4, -0.2) is 67.3 Å². The third kappa shape index (κ3) is 3.89. The van der Waals surface area contributed by atoms with Crippen molar-refractivity contribution in [1.82, 2.24) is 24.4 Å². The Balaban J connectivity index is 1.57. The van der Waals surface area contributed by atoms with Gasteiger partial charge in [-0.2, -0.15) is 9.61 Å². The SMILES string of the molecule is Cc1nn2c(=O)c(C(=O)NC3CC3)c(O)n(CC(C)C)c2c1/C=C/C(=O)N1CCOCC12CC2. The lowest BCUT2D eigenvalue weighted by Gasteiger charge is -2.35. The molecular formula is C24H31N5O5. The Morgan fingerprint density at radius 3 is 2.71 bits per heavy atom. The normalized spacial score (nSPS) is 19.5. The Hall–Kier alpha value is -3.14. The Kier molecular flexibility index (Phi) is 5.50. The lowest BCUT2D eigenvalue weighted by atomic mass is 10.1. The minimum absolute atomic E-state index is 0.0411. The number of carbonyl (C=O) groups is 2. The minimum Gasteiger partial charge on any atom is -0.494 e. The van der Waals surface area contributed by atoms with E-state index < -0.39 is 11.5 Å². The number of rotatable bonds is 6. The van der Waals surface area contributed by atoms with Gasteiger partial charge in [-0.25, -0.2) is 0 Å². The zero-order chi connectivity index (χ0) is 24.2. The van der Waals surface area contributed by atoms with E-state index in [9.17, 15) is 19.5 Å². The molecule has 2 N–H and O–H groups in total. The van der Waals surface area contributed by atoms with Crippen LogP contribution in [0.25, 0.3) is 11.7 Å². The van der Waals surface area contributed by atoms with Gasteiger partial charge in [-0.1, -0.05) is 13.8 Å². The summed E-state index contributed by atoms with van der Waals surface area (Å²) < 4.78 is 8.28. The summed E-state index contributed by atoms with van der Waals surface area (Å²) in [4.78, 5) is 40.9. The Morgan fingerprint density at radius 2 is 2.06 bits per heavy atom. The number of hydrogen-bond acceptors (Lipinski definition) is 6. The topological polar surface area (TPSA) is 118 Å². The van der Waals surface area contributed by atoms with Crippen LogP contribution in [0.15, 0.2) is 10.9 Å². The van der Waals surface area contributed by atoms with Crippen molar-refractivity contribution in [2.75, 3.05) is 19.8 Å². The number of nitrogens with zero attached hydrogens (tertiary/aromatic N) is 4. The van der Waals surface area contributed by atoms with Crippen LogP contribution in [0.4, 0.5) is 0 Å². The summed E-state index contributed by atoms with van der Waals surface area (Å²) in [5.74, 6) is -0.961. The molecule has 2 aromatic heterocycles. The summed E-state index contributed by atoms with van der Waals surface area (Å²) >= 11 is 0. The lowest BCUT2D eigenvalue weighted by Crippen LogP contribution is -2.50. The number of hydrogen-bond donors (Lipinski definition) is 2. The van der Waals surface area contributed by atoms with Gasteiger partial charge in [0.1, 0.15) is 5.65 Å². The fourth-order valence-electron chi connectivity index (χ4n) is 4.66. The molecule has 3 fully saturated rings. The highest BCUT2D eigenvalue weighted by atomic mass is 16.5. The largest absolute Gasteiger partial charge is 0.494 e. The molecule has 0 bridgehead atoms. The molecule has 0 aromatic carbocycles. The summed E-state index contributed by atoms with van der Waals surface area (Å²) in [6.45, 7) is 7.71. The maximum absolute atomic E-state index is 13.2. The molecular weight excluding hydrogens is 438 g/mol. The fraction of sp³-hybridized carbons (Fsp3) is 0.583. The number of nitrogens with one attached hydrogen (secondary N) is 1. The molecule has 0 atom stereocenters. The molecule has 3 aliphatic rings. The number of ether oxygens (including phenoxy) is 1. The van der Waals surface area contributed by atoms with Gasteiger partial charge >= 0.3 is 0 Å². The van der Waals surface area contributed by atoms with Crippen molar-refractivity contribution in [3.8, 4) is 5.88 Å². The summed E-state index contributed by atoms with van der Waals surface area (Å²) in [7, 11) is 0. The van der Waals surface area contributed by atoms with Crippen LogP contribution in [-0.2, 0) is 16.1 Å². The molecule has 1 saturated heterocycles. The zero-order valence-electron chi connectivity index (χ0n) is 19.8. The highest BCUT2D eigenvalue weighted by Crippen LogP contribution is 2.43. The van der Waals surface area contributed by atoms with Crippen LogP contribution >= 0.6 is 0 Å². The second-order valence-electron chi connectivity index (χ2n) is 10.1. The third-order valence-corrected chi connectivity index (χ3v) is 6.80. The van der Waals surface area contributed by atoms with Crippen molar-refractivity contribution in [1.29, 1.82) is 0 Å². The monoisotopic (exact) mass is 469 g/mol. The first-order chi connectivity index (χ1) is 16.2. The van der Waals surface area contributed by atoms with E-state index in [4.69, 9.17) is 4.74 Å². The van der Waals surface area contributed by atoms with Gasteiger partial charge in [0.15, 0.2) is 5.56 Å². The predicted octanol–water partition coefficient (Wildman–Crippen LogP) is 1.46. The molecule has 5 rings (SSSR count). The molecule has 34 heavy (non-hydrogen) atoms. The number of morpholine rings is 1. The highest BCUT2D eigenvalue weighted by molar-refractivity contribution is 5.97. The first-order valence-corrected chi connectivity index (χ1v) is 12.0. The summed E-state index contributed by atoms with van der Waals surface area (Å²) in [5, 5.41) is 18.2. The maximum atomic E-state index is 13.2. The van der Waals surface area contributed by atoms with E-state index in [1.807, 2.05) is 18.7 Å². The van der Waals surface area contributed by atoms with Crippen LogP contribution in [0, 0.1) is 12.8 Å². The number of amides is 2. The van der Waals surface area contributed by atoms with Crippen molar-refractivity contribution in [2.45, 2.75) is 64.6 Å². The third-order valence-electron chi connectivity index (χ3n) is 6.80. The second-order valence-corrected chi connectivity index (χ2v) is 10.1. The molecule has 3 heterocycles.